The number of hydrogen-bond donors (Lipinski definition) is 3. The van der Waals surface area contributed by atoms with Gasteiger partial charge in [-0.2, -0.15) is 0 Å². The zero-order chi connectivity index (χ0) is 15.1. The van der Waals surface area contributed by atoms with Crippen molar-refractivity contribution in [3.63, 3.8) is 0 Å². The minimum atomic E-state index is -0.551. The zero-order valence-corrected chi connectivity index (χ0v) is 12.1. The van der Waals surface area contributed by atoms with Crippen LogP contribution in [0.4, 0.5) is 5.69 Å². The molecule has 0 aliphatic rings. The lowest BCUT2D eigenvalue weighted by molar-refractivity contribution is 0.0910. The van der Waals surface area contributed by atoms with E-state index in [1.54, 1.807) is 0 Å². The standard InChI is InChI=1S/C14H22N2O4/c1-4-5-9(17)8-16-14(18)10-6-12(19-2)13(20-3)7-11(10)15/h6-7,9,17H,4-5,8,15H2,1-3H3,(H,16,18). The first-order valence-corrected chi connectivity index (χ1v) is 6.51. The molecule has 1 aromatic rings. The summed E-state index contributed by atoms with van der Waals surface area (Å²) in [5.41, 5.74) is 6.42. The van der Waals surface area contributed by atoms with Gasteiger partial charge in [0.05, 0.1) is 25.9 Å². The van der Waals surface area contributed by atoms with E-state index in [2.05, 4.69) is 5.32 Å². The summed E-state index contributed by atoms with van der Waals surface area (Å²) in [4.78, 5) is 12.0. The van der Waals surface area contributed by atoms with Crippen LogP contribution in [-0.4, -0.2) is 37.9 Å². The Morgan fingerprint density at radius 1 is 1.35 bits per heavy atom. The van der Waals surface area contributed by atoms with Crippen LogP contribution in [0.1, 0.15) is 30.1 Å². The summed E-state index contributed by atoms with van der Waals surface area (Å²) in [5.74, 6) is 0.548. The van der Waals surface area contributed by atoms with E-state index < -0.39 is 6.10 Å². The average Bonchev–Trinajstić information content (AvgIpc) is 2.44. The summed E-state index contributed by atoms with van der Waals surface area (Å²) in [6, 6.07) is 3.06. The molecule has 20 heavy (non-hydrogen) atoms. The Balaban J connectivity index is 2.82. The third kappa shape index (κ3) is 4.03. The van der Waals surface area contributed by atoms with Crippen LogP contribution in [0, 0.1) is 0 Å². The van der Waals surface area contributed by atoms with Crippen molar-refractivity contribution < 1.29 is 19.4 Å². The van der Waals surface area contributed by atoms with Crippen molar-refractivity contribution in [1.29, 1.82) is 0 Å². The highest BCUT2D eigenvalue weighted by molar-refractivity contribution is 6.00. The highest BCUT2D eigenvalue weighted by Crippen LogP contribution is 2.31. The number of amides is 1. The molecule has 4 N–H and O–H groups in total. The maximum atomic E-state index is 12.0. The second-order valence-electron chi connectivity index (χ2n) is 4.45. The van der Waals surface area contributed by atoms with Gasteiger partial charge >= 0.3 is 0 Å². The molecule has 1 aromatic carbocycles. The largest absolute Gasteiger partial charge is 0.493 e. The number of aliphatic hydroxyl groups excluding tert-OH is 1. The second kappa shape index (κ2) is 7.59. The maximum absolute atomic E-state index is 12.0. The maximum Gasteiger partial charge on any atom is 0.253 e. The Morgan fingerprint density at radius 3 is 2.50 bits per heavy atom. The van der Waals surface area contributed by atoms with Crippen molar-refractivity contribution >= 4 is 11.6 Å². The van der Waals surface area contributed by atoms with E-state index in [1.165, 1.54) is 26.4 Å². The summed E-state index contributed by atoms with van der Waals surface area (Å²) >= 11 is 0. The number of aliphatic hydroxyl groups is 1. The fourth-order valence-corrected chi connectivity index (χ4v) is 1.83. The first-order chi connectivity index (χ1) is 9.53. The number of carbonyl (C=O) groups is 1. The molecule has 0 aliphatic carbocycles. The van der Waals surface area contributed by atoms with E-state index in [9.17, 15) is 9.90 Å². The van der Waals surface area contributed by atoms with Gasteiger partial charge in [0.2, 0.25) is 0 Å². The Hall–Kier alpha value is -1.95. The molecule has 6 nitrogen and oxygen atoms in total. The number of methoxy groups -OCH3 is 2. The molecule has 1 amide bonds. The highest BCUT2D eigenvalue weighted by Gasteiger charge is 2.15. The van der Waals surface area contributed by atoms with Crippen molar-refractivity contribution in [3.05, 3.63) is 17.7 Å². The van der Waals surface area contributed by atoms with E-state index in [0.717, 1.165) is 6.42 Å². The molecule has 0 spiro atoms. The molecule has 1 rings (SSSR count). The molecule has 1 unspecified atom stereocenters. The number of anilines is 1. The molecule has 0 heterocycles. The minimum Gasteiger partial charge on any atom is -0.493 e. The molecule has 6 heteroatoms. The number of hydrogen-bond acceptors (Lipinski definition) is 5. The second-order valence-corrected chi connectivity index (χ2v) is 4.45. The molecule has 0 aromatic heterocycles. The van der Waals surface area contributed by atoms with Crippen LogP contribution in [-0.2, 0) is 0 Å². The topological polar surface area (TPSA) is 93.8 Å². The van der Waals surface area contributed by atoms with Crippen molar-refractivity contribution in [3.8, 4) is 11.5 Å². The first kappa shape index (κ1) is 16.1. The van der Waals surface area contributed by atoms with E-state index in [0.29, 0.717) is 29.2 Å². The number of nitrogens with two attached hydrogens (primary N) is 1. The van der Waals surface area contributed by atoms with Gasteiger partial charge in [0, 0.05) is 18.3 Å². The van der Waals surface area contributed by atoms with Gasteiger partial charge in [-0.15, -0.1) is 0 Å². The van der Waals surface area contributed by atoms with Crippen molar-refractivity contribution in [2.75, 3.05) is 26.5 Å². The summed E-state index contributed by atoms with van der Waals surface area (Å²) in [6.07, 6.45) is 0.947. The Bertz CT molecular complexity index is 463. The van der Waals surface area contributed by atoms with E-state index in [1.807, 2.05) is 6.92 Å². The van der Waals surface area contributed by atoms with Crippen LogP contribution >= 0.6 is 0 Å². The van der Waals surface area contributed by atoms with Crippen LogP contribution in [0.25, 0.3) is 0 Å². The molecule has 0 saturated heterocycles. The van der Waals surface area contributed by atoms with Gasteiger partial charge < -0.3 is 25.6 Å². The molecule has 0 aliphatic heterocycles. The highest BCUT2D eigenvalue weighted by atomic mass is 16.5. The number of nitrogens with one attached hydrogen (secondary N) is 1. The lowest BCUT2D eigenvalue weighted by atomic mass is 10.1. The Kier molecular flexibility index (Phi) is 6.11. The Labute approximate surface area is 118 Å². The first-order valence-electron chi connectivity index (χ1n) is 6.51. The fraction of sp³-hybridized carbons (Fsp3) is 0.500. The van der Waals surface area contributed by atoms with Gasteiger partial charge in [0.1, 0.15) is 0 Å². The van der Waals surface area contributed by atoms with E-state index in [-0.39, 0.29) is 12.5 Å². The third-order valence-corrected chi connectivity index (χ3v) is 2.92. The molecular weight excluding hydrogens is 260 g/mol. The predicted molar refractivity (Wildman–Crippen MR) is 77.2 cm³/mol. The number of rotatable bonds is 7. The van der Waals surface area contributed by atoms with Crippen molar-refractivity contribution in [2.45, 2.75) is 25.9 Å². The third-order valence-electron chi connectivity index (χ3n) is 2.92. The molecule has 1 atom stereocenters. The lowest BCUT2D eigenvalue weighted by Gasteiger charge is -2.14. The van der Waals surface area contributed by atoms with Gasteiger partial charge in [-0.3, -0.25) is 4.79 Å². The number of carbonyl (C=O) groups excluding carboxylic acids is 1. The number of benzene rings is 1. The quantitative estimate of drug-likeness (QED) is 0.653. The normalized spacial score (nSPS) is 11.8. The zero-order valence-electron chi connectivity index (χ0n) is 12.1. The summed E-state index contributed by atoms with van der Waals surface area (Å²) < 4.78 is 10.2. The van der Waals surface area contributed by atoms with Gasteiger partial charge in [0.25, 0.3) is 5.91 Å². The van der Waals surface area contributed by atoms with Crippen LogP contribution in [0.3, 0.4) is 0 Å². The molecule has 0 saturated carbocycles. The predicted octanol–water partition coefficient (Wildman–Crippen LogP) is 1.18. The molecule has 0 bridgehead atoms. The number of nitrogen functional groups attached to an aromatic ring is 1. The summed E-state index contributed by atoms with van der Waals surface area (Å²) in [5, 5.41) is 12.3. The van der Waals surface area contributed by atoms with Crippen molar-refractivity contribution in [1.82, 2.24) is 5.32 Å². The van der Waals surface area contributed by atoms with Gasteiger partial charge in [-0.1, -0.05) is 13.3 Å². The molecule has 0 fully saturated rings. The average molecular weight is 282 g/mol. The number of ether oxygens (including phenoxy) is 2. The van der Waals surface area contributed by atoms with Crippen LogP contribution < -0.4 is 20.5 Å². The van der Waals surface area contributed by atoms with Crippen LogP contribution in [0.5, 0.6) is 11.5 Å². The summed E-state index contributed by atoms with van der Waals surface area (Å²) in [7, 11) is 2.98. The molecule has 112 valence electrons. The van der Waals surface area contributed by atoms with Gasteiger partial charge in [0.15, 0.2) is 11.5 Å². The fourth-order valence-electron chi connectivity index (χ4n) is 1.83. The summed E-state index contributed by atoms with van der Waals surface area (Å²) in [6.45, 7) is 2.16. The lowest BCUT2D eigenvalue weighted by Crippen LogP contribution is -2.32. The van der Waals surface area contributed by atoms with Crippen molar-refractivity contribution in [2.24, 2.45) is 0 Å². The Morgan fingerprint density at radius 2 is 1.95 bits per heavy atom. The van der Waals surface area contributed by atoms with Gasteiger partial charge in [-0.25, -0.2) is 0 Å². The molecular formula is C14H22N2O4. The smallest absolute Gasteiger partial charge is 0.253 e. The minimum absolute atomic E-state index is 0.195. The SMILES string of the molecule is CCCC(O)CNC(=O)c1cc(OC)c(OC)cc1N. The monoisotopic (exact) mass is 282 g/mol. The van der Waals surface area contributed by atoms with E-state index in [4.69, 9.17) is 15.2 Å². The van der Waals surface area contributed by atoms with E-state index >= 15 is 0 Å². The van der Waals surface area contributed by atoms with Gasteiger partial charge in [-0.05, 0) is 12.5 Å². The van der Waals surface area contributed by atoms with Crippen LogP contribution in [0.2, 0.25) is 0 Å². The molecule has 0 radical (unpaired) electrons. The van der Waals surface area contributed by atoms with Crippen LogP contribution in [0.15, 0.2) is 12.1 Å².